The molecule has 3 aromatic rings. The summed E-state index contributed by atoms with van der Waals surface area (Å²) in [5.41, 5.74) is 1.95. The molecule has 0 saturated carbocycles. The lowest BCUT2D eigenvalue weighted by Crippen LogP contribution is -1.88. The van der Waals surface area contributed by atoms with E-state index in [1.807, 2.05) is 0 Å². The van der Waals surface area contributed by atoms with Gasteiger partial charge in [0.2, 0.25) is 0 Å². The summed E-state index contributed by atoms with van der Waals surface area (Å²) in [5.74, 6) is 0.529. The van der Waals surface area contributed by atoms with Gasteiger partial charge in [0.15, 0.2) is 0 Å². The van der Waals surface area contributed by atoms with Gasteiger partial charge in [-0.15, -0.1) is 0 Å². The number of non-ortho nitro benzene ring substituents is 2. The Morgan fingerprint density at radius 3 is 2.22 bits per heavy atom. The molecule has 0 saturated heterocycles. The minimum atomic E-state index is -0.472. The molecule has 0 aliphatic rings. The number of aromatic amines is 1. The summed E-state index contributed by atoms with van der Waals surface area (Å²) >= 11 is 0. The van der Waals surface area contributed by atoms with E-state index in [2.05, 4.69) is 9.97 Å². The van der Waals surface area contributed by atoms with E-state index in [1.54, 1.807) is 30.5 Å². The third-order valence-electron chi connectivity index (χ3n) is 3.30. The normalized spacial score (nSPS) is 10.4. The molecule has 0 radical (unpaired) electrons. The Morgan fingerprint density at radius 1 is 0.870 bits per heavy atom. The van der Waals surface area contributed by atoms with Crippen LogP contribution < -0.4 is 0 Å². The van der Waals surface area contributed by atoms with E-state index in [-0.39, 0.29) is 11.4 Å². The zero-order valence-electron chi connectivity index (χ0n) is 11.7. The van der Waals surface area contributed by atoms with Crippen LogP contribution in [0.25, 0.3) is 22.6 Å². The van der Waals surface area contributed by atoms with Gasteiger partial charge in [-0.1, -0.05) is 12.1 Å². The number of rotatable bonds is 4. The Balaban J connectivity index is 1.92. The van der Waals surface area contributed by atoms with Crippen LogP contribution in [0.15, 0.2) is 54.7 Å². The van der Waals surface area contributed by atoms with Gasteiger partial charge in [-0.2, -0.15) is 0 Å². The summed E-state index contributed by atoms with van der Waals surface area (Å²) in [6, 6.07) is 12.2. The van der Waals surface area contributed by atoms with Crippen LogP contribution >= 0.6 is 0 Å². The van der Waals surface area contributed by atoms with Crippen molar-refractivity contribution in [1.82, 2.24) is 9.97 Å². The molecular formula is C15H10N4O4. The van der Waals surface area contributed by atoms with Crippen LogP contribution in [0.4, 0.5) is 11.4 Å². The maximum atomic E-state index is 10.8. The number of nitro groups is 2. The minimum Gasteiger partial charge on any atom is -0.338 e. The Bertz CT molecular complexity index is 887. The van der Waals surface area contributed by atoms with Crippen LogP contribution in [0.1, 0.15) is 0 Å². The number of imidazole rings is 1. The number of nitrogens with one attached hydrogen (secondary N) is 1. The van der Waals surface area contributed by atoms with Gasteiger partial charge in [-0.05, 0) is 12.1 Å². The van der Waals surface area contributed by atoms with Crippen LogP contribution in [-0.2, 0) is 0 Å². The van der Waals surface area contributed by atoms with Crippen LogP contribution in [0.2, 0.25) is 0 Å². The molecule has 8 heteroatoms. The molecule has 0 fully saturated rings. The van der Waals surface area contributed by atoms with E-state index >= 15 is 0 Å². The Hall–Kier alpha value is -3.55. The largest absolute Gasteiger partial charge is 0.338 e. The second kappa shape index (κ2) is 5.68. The summed E-state index contributed by atoms with van der Waals surface area (Å²) in [6.07, 6.45) is 1.57. The number of benzene rings is 2. The molecule has 0 aliphatic heterocycles. The average Bonchev–Trinajstić information content (AvgIpc) is 3.05. The van der Waals surface area contributed by atoms with Gasteiger partial charge in [-0.3, -0.25) is 20.2 Å². The summed E-state index contributed by atoms with van der Waals surface area (Å²) in [4.78, 5) is 27.8. The van der Waals surface area contributed by atoms with Crippen molar-refractivity contribution in [3.8, 4) is 22.6 Å². The fraction of sp³-hybridized carbons (Fsp3) is 0. The molecule has 8 nitrogen and oxygen atoms in total. The Labute approximate surface area is 129 Å². The van der Waals surface area contributed by atoms with E-state index in [0.717, 1.165) is 0 Å². The first-order valence-electron chi connectivity index (χ1n) is 6.59. The number of nitro benzene ring substituents is 2. The smallest absolute Gasteiger partial charge is 0.270 e. The second-order valence-electron chi connectivity index (χ2n) is 4.76. The lowest BCUT2D eigenvalue weighted by atomic mass is 10.1. The lowest BCUT2D eigenvalue weighted by Gasteiger charge is -1.99. The standard InChI is InChI=1S/C15H10N4O4/c20-18(21)12-6-4-10(5-7-12)15-16-9-14(17-15)11-2-1-3-13(8-11)19(22)23/h1-9H,(H,16,17). The number of aromatic nitrogens is 2. The molecule has 0 bridgehead atoms. The average molecular weight is 310 g/mol. The number of hydrogen-bond donors (Lipinski definition) is 1. The summed E-state index contributed by atoms with van der Waals surface area (Å²) in [7, 11) is 0. The van der Waals surface area contributed by atoms with Crippen molar-refractivity contribution in [2.75, 3.05) is 0 Å². The van der Waals surface area contributed by atoms with E-state index in [1.165, 1.54) is 24.3 Å². The molecular weight excluding hydrogens is 300 g/mol. The first-order valence-corrected chi connectivity index (χ1v) is 6.59. The van der Waals surface area contributed by atoms with Crippen LogP contribution in [0.3, 0.4) is 0 Å². The highest BCUT2D eigenvalue weighted by Gasteiger charge is 2.11. The van der Waals surface area contributed by atoms with Crippen molar-refractivity contribution in [2.45, 2.75) is 0 Å². The molecule has 1 N–H and O–H groups in total. The summed E-state index contributed by atoms with van der Waals surface area (Å²) < 4.78 is 0. The van der Waals surface area contributed by atoms with Gasteiger partial charge in [0, 0.05) is 35.4 Å². The van der Waals surface area contributed by atoms with Crippen molar-refractivity contribution in [2.24, 2.45) is 0 Å². The first-order chi connectivity index (χ1) is 11.0. The minimum absolute atomic E-state index is 0.000728. The van der Waals surface area contributed by atoms with E-state index in [4.69, 9.17) is 0 Å². The summed E-state index contributed by atoms with van der Waals surface area (Å²) in [5, 5.41) is 21.5. The van der Waals surface area contributed by atoms with Gasteiger partial charge in [-0.25, -0.2) is 4.98 Å². The molecule has 0 spiro atoms. The SMILES string of the molecule is O=[N+]([O-])c1ccc(-c2ncc(-c3cccc([N+](=O)[O-])c3)[nH]2)cc1. The maximum Gasteiger partial charge on any atom is 0.270 e. The third kappa shape index (κ3) is 2.91. The van der Waals surface area contributed by atoms with Crippen molar-refractivity contribution < 1.29 is 9.85 Å². The first kappa shape index (κ1) is 14.4. The quantitative estimate of drug-likeness (QED) is 0.584. The highest BCUT2D eigenvalue weighted by atomic mass is 16.6. The molecule has 1 heterocycles. The van der Waals surface area contributed by atoms with Gasteiger partial charge in [0.05, 0.1) is 21.7 Å². The van der Waals surface area contributed by atoms with Gasteiger partial charge in [0.1, 0.15) is 5.82 Å². The van der Waals surface area contributed by atoms with Crippen LogP contribution in [0.5, 0.6) is 0 Å². The molecule has 1 aromatic heterocycles. The van der Waals surface area contributed by atoms with Gasteiger partial charge < -0.3 is 4.98 Å². The molecule has 0 atom stereocenters. The van der Waals surface area contributed by atoms with E-state index in [0.29, 0.717) is 22.6 Å². The molecule has 0 unspecified atom stereocenters. The van der Waals surface area contributed by atoms with Crippen molar-refractivity contribution in [1.29, 1.82) is 0 Å². The zero-order chi connectivity index (χ0) is 16.4. The Kier molecular flexibility index (Phi) is 3.55. The number of hydrogen-bond acceptors (Lipinski definition) is 5. The number of nitrogens with zero attached hydrogens (tertiary/aromatic N) is 3. The van der Waals surface area contributed by atoms with Gasteiger partial charge >= 0.3 is 0 Å². The predicted molar refractivity (Wildman–Crippen MR) is 82.8 cm³/mol. The van der Waals surface area contributed by atoms with Crippen LogP contribution in [-0.4, -0.2) is 19.8 Å². The molecule has 114 valence electrons. The highest BCUT2D eigenvalue weighted by Crippen LogP contribution is 2.26. The second-order valence-corrected chi connectivity index (χ2v) is 4.76. The molecule has 2 aromatic carbocycles. The number of H-pyrrole nitrogens is 1. The van der Waals surface area contributed by atoms with Crippen molar-refractivity contribution in [3.05, 3.63) is 75.0 Å². The molecule has 23 heavy (non-hydrogen) atoms. The fourth-order valence-corrected chi connectivity index (χ4v) is 2.14. The van der Waals surface area contributed by atoms with E-state index < -0.39 is 9.85 Å². The fourth-order valence-electron chi connectivity index (χ4n) is 2.14. The van der Waals surface area contributed by atoms with Gasteiger partial charge in [0.25, 0.3) is 11.4 Å². The lowest BCUT2D eigenvalue weighted by molar-refractivity contribution is -0.385. The molecule has 3 rings (SSSR count). The van der Waals surface area contributed by atoms with Crippen molar-refractivity contribution >= 4 is 11.4 Å². The topological polar surface area (TPSA) is 115 Å². The highest BCUT2D eigenvalue weighted by molar-refractivity contribution is 5.66. The third-order valence-corrected chi connectivity index (χ3v) is 3.30. The predicted octanol–water partition coefficient (Wildman–Crippen LogP) is 3.56. The maximum absolute atomic E-state index is 10.8. The summed E-state index contributed by atoms with van der Waals surface area (Å²) in [6.45, 7) is 0. The van der Waals surface area contributed by atoms with Crippen LogP contribution in [0, 0.1) is 20.2 Å². The monoisotopic (exact) mass is 310 g/mol. The Morgan fingerprint density at radius 2 is 1.57 bits per heavy atom. The van der Waals surface area contributed by atoms with E-state index in [9.17, 15) is 20.2 Å². The van der Waals surface area contributed by atoms with Crippen molar-refractivity contribution in [3.63, 3.8) is 0 Å². The zero-order valence-corrected chi connectivity index (χ0v) is 11.7. The molecule has 0 amide bonds. The molecule has 0 aliphatic carbocycles.